The number of carbonyl (C=O) groups is 2. The molecule has 0 aliphatic rings. The van der Waals surface area contributed by atoms with Crippen LogP contribution in [0.2, 0.25) is 0 Å². The average molecular weight is 432 g/mol. The van der Waals surface area contributed by atoms with Crippen LogP contribution in [0.15, 0.2) is 48.5 Å². The van der Waals surface area contributed by atoms with Crippen LogP contribution in [0, 0.1) is 11.2 Å². The van der Waals surface area contributed by atoms with Crippen LogP contribution in [-0.2, 0) is 16.0 Å². The molecule has 6 nitrogen and oxygen atoms in total. The number of aliphatic hydroxyl groups is 1. The van der Waals surface area contributed by atoms with Crippen LogP contribution >= 0.6 is 0 Å². The number of carboxylic acids is 1. The highest BCUT2D eigenvalue weighted by Gasteiger charge is 2.36. The van der Waals surface area contributed by atoms with Gasteiger partial charge in [0, 0.05) is 11.6 Å². The van der Waals surface area contributed by atoms with E-state index in [1.807, 2.05) is 12.1 Å². The predicted octanol–water partition coefficient (Wildman–Crippen LogP) is 4.40. The van der Waals surface area contributed by atoms with Crippen LogP contribution in [0.25, 0.3) is 11.1 Å². The summed E-state index contributed by atoms with van der Waals surface area (Å²) in [5.74, 6) is -1.47. The Bertz CT molecular complexity index is 907. The number of hydrogen-bond donors (Lipinski definition) is 3. The summed E-state index contributed by atoms with van der Waals surface area (Å²) < 4.78 is 19.3. The Labute approximate surface area is 182 Å². The molecule has 1 amide bonds. The highest BCUT2D eigenvalue weighted by Crippen LogP contribution is 2.27. The van der Waals surface area contributed by atoms with Gasteiger partial charge in [-0.25, -0.2) is 9.18 Å². The van der Waals surface area contributed by atoms with E-state index in [-0.39, 0.29) is 12.2 Å². The molecule has 0 fully saturated rings. The lowest BCUT2D eigenvalue weighted by Gasteiger charge is -2.29. The lowest BCUT2D eigenvalue weighted by Crippen LogP contribution is -2.45. The van der Waals surface area contributed by atoms with Gasteiger partial charge in [-0.15, -0.1) is 0 Å². The number of benzene rings is 2. The fraction of sp³-hybridized carbons (Fsp3) is 0.417. The highest BCUT2D eigenvalue weighted by atomic mass is 19.1. The quantitative estimate of drug-likeness (QED) is 0.576. The van der Waals surface area contributed by atoms with E-state index in [4.69, 9.17) is 4.74 Å². The lowest BCUT2D eigenvalue weighted by molar-refractivity contribution is -0.151. The Hall–Kier alpha value is -2.93. The molecule has 0 spiro atoms. The van der Waals surface area contributed by atoms with Crippen LogP contribution in [0.4, 0.5) is 9.18 Å². The minimum Gasteiger partial charge on any atom is -0.481 e. The fourth-order valence-electron chi connectivity index (χ4n) is 3.21. The first-order valence-electron chi connectivity index (χ1n) is 10.1. The minimum absolute atomic E-state index is 0.00708. The number of carboxylic acid groups (broad SMARTS) is 1. The highest BCUT2D eigenvalue weighted by molar-refractivity contribution is 5.74. The molecule has 7 heteroatoms. The molecule has 0 bridgehead atoms. The van der Waals surface area contributed by atoms with Crippen molar-refractivity contribution in [1.82, 2.24) is 5.32 Å². The van der Waals surface area contributed by atoms with E-state index in [9.17, 15) is 24.2 Å². The summed E-state index contributed by atoms with van der Waals surface area (Å²) in [6.45, 7) is 6.07. The number of nitrogens with one attached hydrogen (secondary N) is 1. The van der Waals surface area contributed by atoms with Crippen LogP contribution in [0.1, 0.15) is 39.7 Å². The van der Waals surface area contributed by atoms with Crippen molar-refractivity contribution in [3.8, 4) is 11.1 Å². The van der Waals surface area contributed by atoms with Crippen molar-refractivity contribution < 1.29 is 28.9 Å². The van der Waals surface area contributed by atoms with Crippen molar-refractivity contribution in [3.05, 3.63) is 59.9 Å². The maximum absolute atomic E-state index is 14.0. The van der Waals surface area contributed by atoms with E-state index >= 15 is 0 Å². The van der Waals surface area contributed by atoms with Gasteiger partial charge in [-0.2, -0.15) is 0 Å². The second kappa shape index (κ2) is 9.92. The van der Waals surface area contributed by atoms with E-state index in [0.717, 1.165) is 5.56 Å². The molecule has 0 saturated carbocycles. The van der Waals surface area contributed by atoms with Crippen molar-refractivity contribution in [3.63, 3.8) is 0 Å². The molecule has 2 aromatic rings. The third-order valence-corrected chi connectivity index (χ3v) is 4.90. The Balaban J connectivity index is 2.22. The third-order valence-electron chi connectivity index (χ3n) is 4.90. The first-order valence-corrected chi connectivity index (χ1v) is 10.1. The monoisotopic (exact) mass is 431 g/mol. The molecule has 168 valence electrons. The summed E-state index contributed by atoms with van der Waals surface area (Å²) in [6, 6.07) is 13.0. The number of alkyl carbamates (subject to hydrolysis) is 1. The van der Waals surface area contributed by atoms with Crippen molar-refractivity contribution in [1.29, 1.82) is 0 Å². The molecular formula is C24H30FNO5. The van der Waals surface area contributed by atoms with Gasteiger partial charge >= 0.3 is 12.1 Å². The maximum atomic E-state index is 14.0. The zero-order chi connectivity index (χ0) is 23.2. The summed E-state index contributed by atoms with van der Waals surface area (Å²) >= 11 is 0. The van der Waals surface area contributed by atoms with Gasteiger partial charge in [-0.05, 0) is 57.7 Å². The van der Waals surface area contributed by atoms with Crippen molar-refractivity contribution >= 4 is 12.1 Å². The molecule has 3 N–H and O–H groups in total. The van der Waals surface area contributed by atoms with Gasteiger partial charge in [0.2, 0.25) is 0 Å². The number of aliphatic carboxylic acids is 1. The standard InChI is InChI=1S/C24H30FNO5/c1-23(2,3)31-22(30)26-18(14-24(4,15-27)21(28)29)13-16-9-11-17(12-10-16)19-7-5-6-8-20(19)25/h5-12,18,27H,13-15H2,1-4H3,(H,26,30)(H,28,29)/t18-,24+/m1/s1. The number of halogens is 1. The van der Waals surface area contributed by atoms with Gasteiger partial charge in [0.25, 0.3) is 0 Å². The van der Waals surface area contributed by atoms with Gasteiger partial charge in [0.15, 0.2) is 0 Å². The lowest BCUT2D eigenvalue weighted by atomic mass is 9.82. The molecule has 2 atom stereocenters. The molecule has 0 aromatic heterocycles. The number of amides is 1. The molecule has 0 saturated heterocycles. The second-order valence-corrected chi connectivity index (χ2v) is 8.95. The normalized spacial score (nSPS) is 14.4. The second-order valence-electron chi connectivity index (χ2n) is 8.95. The first-order chi connectivity index (χ1) is 14.4. The number of hydrogen-bond acceptors (Lipinski definition) is 4. The average Bonchev–Trinajstić information content (AvgIpc) is 2.67. The fourth-order valence-corrected chi connectivity index (χ4v) is 3.21. The van der Waals surface area contributed by atoms with Crippen molar-refractivity contribution in [2.75, 3.05) is 6.61 Å². The summed E-state index contributed by atoms with van der Waals surface area (Å²) in [4.78, 5) is 23.9. The molecule has 0 aliphatic heterocycles. The van der Waals surface area contributed by atoms with Gasteiger partial charge in [0.05, 0.1) is 12.0 Å². The molecule has 0 unspecified atom stereocenters. The third kappa shape index (κ3) is 7.07. The van der Waals surface area contributed by atoms with Gasteiger partial charge in [0.1, 0.15) is 11.4 Å². The van der Waals surface area contributed by atoms with Crippen LogP contribution < -0.4 is 5.32 Å². The van der Waals surface area contributed by atoms with Gasteiger partial charge in [-0.3, -0.25) is 4.79 Å². The van der Waals surface area contributed by atoms with E-state index in [1.165, 1.54) is 13.0 Å². The topological polar surface area (TPSA) is 95.9 Å². The molecule has 2 aromatic carbocycles. The van der Waals surface area contributed by atoms with E-state index in [1.54, 1.807) is 51.1 Å². The zero-order valence-corrected chi connectivity index (χ0v) is 18.3. The Morgan fingerprint density at radius 3 is 2.19 bits per heavy atom. The van der Waals surface area contributed by atoms with Crippen LogP contribution in [0.3, 0.4) is 0 Å². The predicted molar refractivity (Wildman–Crippen MR) is 116 cm³/mol. The minimum atomic E-state index is -1.42. The largest absolute Gasteiger partial charge is 0.481 e. The molecular weight excluding hydrogens is 401 g/mol. The number of aliphatic hydroxyl groups excluding tert-OH is 1. The van der Waals surface area contributed by atoms with E-state index < -0.39 is 35.7 Å². The van der Waals surface area contributed by atoms with Crippen molar-refractivity contribution in [2.45, 2.75) is 52.2 Å². The first kappa shape index (κ1) is 24.3. The van der Waals surface area contributed by atoms with Crippen molar-refractivity contribution in [2.24, 2.45) is 5.41 Å². The van der Waals surface area contributed by atoms with Crippen LogP contribution in [0.5, 0.6) is 0 Å². The summed E-state index contributed by atoms with van der Waals surface area (Å²) in [6.07, 6.45) is -0.335. The summed E-state index contributed by atoms with van der Waals surface area (Å²) in [5, 5.41) is 21.9. The molecule has 0 heterocycles. The Morgan fingerprint density at radius 1 is 1.06 bits per heavy atom. The Kier molecular flexibility index (Phi) is 7.79. The molecule has 2 rings (SSSR count). The van der Waals surface area contributed by atoms with Crippen LogP contribution in [-0.4, -0.2) is 40.5 Å². The maximum Gasteiger partial charge on any atom is 0.407 e. The summed E-state index contributed by atoms with van der Waals surface area (Å²) in [5.41, 5.74) is -0.108. The molecule has 0 radical (unpaired) electrons. The van der Waals surface area contributed by atoms with Gasteiger partial charge < -0.3 is 20.3 Å². The number of rotatable bonds is 8. The number of ether oxygens (including phenoxy) is 1. The summed E-state index contributed by atoms with van der Waals surface area (Å²) in [7, 11) is 0. The van der Waals surface area contributed by atoms with E-state index in [0.29, 0.717) is 17.5 Å². The Morgan fingerprint density at radius 2 is 1.68 bits per heavy atom. The smallest absolute Gasteiger partial charge is 0.407 e. The van der Waals surface area contributed by atoms with Gasteiger partial charge in [-0.1, -0.05) is 42.5 Å². The molecule has 0 aliphatic carbocycles. The molecule has 31 heavy (non-hydrogen) atoms. The number of carbonyl (C=O) groups excluding carboxylic acids is 1. The SMILES string of the molecule is CC(C)(C)OC(=O)N[C@H](Cc1ccc(-c2ccccc2F)cc1)C[C@@](C)(CO)C(=O)O. The zero-order valence-electron chi connectivity index (χ0n) is 18.3. The van der Waals surface area contributed by atoms with E-state index in [2.05, 4.69) is 5.32 Å².